The Morgan fingerprint density at radius 2 is 2.21 bits per heavy atom. The third-order valence-corrected chi connectivity index (χ3v) is 2.04. The van der Waals surface area contributed by atoms with Gasteiger partial charge in [0.1, 0.15) is 6.10 Å². The Balaban J connectivity index is 2.33. The third kappa shape index (κ3) is 1.39. The Kier molecular flexibility index (Phi) is 2.05. The molecule has 0 amide bonds. The summed E-state index contributed by atoms with van der Waals surface area (Å²) in [6, 6.07) is 1.76. The van der Waals surface area contributed by atoms with Gasteiger partial charge >= 0.3 is 0 Å². The zero-order valence-corrected chi connectivity index (χ0v) is 7.99. The predicted molar refractivity (Wildman–Crippen MR) is 48.3 cm³/mol. The van der Waals surface area contributed by atoms with Gasteiger partial charge in [0.2, 0.25) is 0 Å². The van der Waals surface area contributed by atoms with E-state index in [0.29, 0.717) is 11.4 Å². The van der Waals surface area contributed by atoms with Crippen LogP contribution in [0.4, 0.5) is 0 Å². The van der Waals surface area contributed by atoms with E-state index in [-0.39, 0.29) is 0 Å². The maximum Gasteiger partial charge on any atom is 0.141 e. The van der Waals surface area contributed by atoms with Crippen LogP contribution in [0.2, 0.25) is 0 Å². The number of aliphatic hydroxyl groups excluding tert-OH is 1. The van der Waals surface area contributed by atoms with Crippen LogP contribution in [-0.2, 0) is 14.1 Å². The number of hydrogen-bond donors (Lipinski definition) is 1. The van der Waals surface area contributed by atoms with E-state index < -0.39 is 6.10 Å². The molecule has 0 spiro atoms. The van der Waals surface area contributed by atoms with Crippen molar-refractivity contribution in [3.63, 3.8) is 0 Å². The highest BCUT2D eigenvalue weighted by molar-refractivity contribution is 5.15. The summed E-state index contributed by atoms with van der Waals surface area (Å²) >= 11 is 0. The van der Waals surface area contributed by atoms with Crippen LogP contribution >= 0.6 is 0 Å². The molecule has 1 N–H and O–H groups in total. The highest BCUT2D eigenvalue weighted by Crippen LogP contribution is 2.17. The van der Waals surface area contributed by atoms with Crippen molar-refractivity contribution in [2.45, 2.75) is 6.10 Å². The lowest BCUT2D eigenvalue weighted by Gasteiger charge is -2.06. The first kappa shape index (κ1) is 8.89. The van der Waals surface area contributed by atoms with Crippen molar-refractivity contribution in [1.82, 2.24) is 24.8 Å². The normalized spacial score (nSPS) is 13.1. The molecule has 2 heterocycles. The number of aromatic nitrogens is 5. The topological polar surface area (TPSA) is 68.8 Å². The van der Waals surface area contributed by atoms with Crippen LogP contribution in [0.25, 0.3) is 0 Å². The molecular formula is C8H11N5O. The number of aliphatic hydroxyl groups is 1. The molecule has 6 nitrogen and oxygen atoms in total. The Labute approximate surface area is 80.8 Å². The molecule has 0 fully saturated rings. The maximum atomic E-state index is 9.90. The van der Waals surface area contributed by atoms with Gasteiger partial charge in [0.25, 0.3) is 0 Å². The lowest BCUT2D eigenvalue weighted by molar-refractivity contribution is 0.204. The summed E-state index contributed by atoms with van der Waals surface area (Å²) in [5, 5.41) is 21.4. The molecule has 0 radical (unpaired) electrons. The van der Waals surface area contributed by atoms with Gasteiger partial charge in [0.05, 0.1) is 17.6 Å². The first-order chi connectivity index (χ1) is 6.68. The van der Waals surface area contributed by atoms with Crippen LogP contribution in [-0.4, -0.2) is 29.9 Å². The van der Waals surface area contributed by atoms with Crippen molar-refractivity contribution in [3.8, 4) is 0 Å². The summed E-state index contributed by atoms with van der Waals surface area (Å²) in [4.78, 5) is 0. The summed E-state index contributed by atoms with van der Waals surface area (Å²) in [5.41, 5.74) is 1.22. The Bertz CT molecular complexity index is 432. The van der Waals surface area contributed by atoms with E-state index in [4.69, 9.17) is 0 Å². The van der Waals surface area contributed by atoms with Crippen LogP contribution in [0.15, 0.2) is 18.5 Å². The summed E-state index contributed by atoms with van der Waals surface area (Å²) in [6.07, 6.45) is 2.54. The van der Waals surface area contributed by atoms with E-state index in [2.05, 4.69) is 15.4 Å². The van der Waals surface area contributed by atoms with Crippen LogP contribution < -0.4 is 0 Å². The molecule has 0 saturated carbocycles. The Morgan fingerprint density at radius 3 is 2.71 bits per heavy atom. The molecule has 1 unspecified atom stereocenters. The molecule has 0 aliphatic carbocycles. The Morgan fingerprint density at radius 1 is 1.43 bits per heavy atom. The zero-order chi connectivity index (χ0) is 10.1. The second kappa shape index (κ2) is 3.22. The van der Waals surface area contributed by atoms with E-state index in [9.17, 15) is 5.11 Å². The minimum Gasteiger partial charge on any atom is -0.380 e. The first-order valence-electron chi connectivity index (χ1n) is 4.20. The summed E-state index contributed by atoms with van der Waals surface area (Å²) in [7, 11) is 3.53. The SMILES string of the molecule is Cn1ccc(C(O)c2cnnn2C)n1. The van der Waals surface area contributed by atoms with Crippen molar-refractivity contribution in [2.24, 2.45) is 14.1 Å². The van der Waals surface area contributed by atoms with Gasteiger partial charge in [0, 0.05) is 20.3 Å². The van der Waals surface area contributed by atoms with Crippen molar-refractivity contribution in [3.05, 3.63) is 29.8 Å². The fourth-order valence-corrected chi connectivity index (χ4v) is 1.28. The molecule has 0 aliphatic heterocycles. The predicted octanol–water partition coefficient (Wildman–Crippen LogP) is -0.370. The van der Waals surface area contributed by atoms with Crippen molar-refractivity contribution in [1.29, 1.82) is 0 Å². The number of nitrogens with zero attached hydrogens (tertiary/aromatic N) is 5. The second-order valence-electron chi connectivity index (χ2n) is 3.10. The highest BCUT2D eigenvalue weighted by Gasteiger charge is 2.16. The second-order valence-corrected chi connectivity index (χ2v) is 3.10. The summed E-state index contributed by atoms with van der Waals surface area (Å²) in [5.74, 6) is 0. The molecule has 0 aliphatic rings. The lowest BCUT2D eigenvalue weighted by Crippen LogP contribution is -2.07. The maximum absolute atomic E-state index is 9.90. The summed E-state index contributed by atoms with van der Waals surface area (Å²) in [6.45, 7) is 0. The van der Waals surface area contributed by atoms with E-state index in [1.165, 1.54) is 10.9 Å². The minimum atomic E-state index is -0.767. The Hall–Kier alpha value is -1.69. The quantitative estimate of drug-likeness (QED) is 0.706. The van der Waals surface area contributed by atoms with E-state index in [1.807, 2.05) is 0 Å². The molecular weight excluding hydrogens is 182 g/mol. The van der Waals surface area contributed by atoms with E-state index in [0.717, 1.165) is 0 Å². The molecule has 6 heteroatoms. The molecule has 0 aromatic carbocycles. The number of hydrogen-bond acceptors (Lipinski definition) is 4. The van der Waals surface area contributed by atoms with Gasteiger partial charge in [-0.25, -0.2) is 4.68 Å². The van der Waals surface area contributed by atoms with Crippen LogP contribution in [0.3, 0.4) is 0 Å². The number of aryl methyl sites for hydroxylation is 2. The average molecular weight is 193 g/mol. The van der Waals surface area contributed by atoms with Crippen molar-refractivity contribution in [2.75, 3.05) is 0 Å². The van der Waals surface area contributed by atoms with Gasteiger partial charge in [-0.15, -0.1) is 5.10 Å². The highest BCUT2D eigenvalue weighted by atomic mass is 16.3. The van der Waals surface area contributed by atoms with E-state index >= 15 is 0 Å². The summed E-state index contributed by atoms with van der Waals surface area (Å²) < 4.78 is 3.17. The minimum absolute atomic E-state index is 0.595. The van der Waals surface area contributed by atoms with Crippen LogP contribution in [0.5, 0.6) is 0 Å². The van der Waals surface area contributed by atoms with Gasteiger partial charge in [0.15, 0.2) is 0 Å². The van der Waals surface area contributed by atoms with Gasteiger partial charge in [-0.2, -0.15) is 5.10 Å². The standard InChI is InChI=1S/C8H11N5O/c1-12-4-3-6(10-12)8(14)7-5-9-11-13(7)2/h3-5,8,14H,1-2H3. The molecule has 2 rings (SSSR count). The van der Waals surface area contributed by atoms with E-state index in [1.54, 1.807) is 31.0 Å². The van der Waals surface area contributed by atoms with Crippen LogP contribution in [0.1, 0.15) is 17.5 Å². The smallest absolute Gasteiger partial charge is 0.141 e. The number of rotatable bonds is 2. The van der Waals surface area contributed by atoms with Crippen molar-refractivity contribution < 1.29 is 5.11 Å². The monoisotopic (exact) mass is 193 g/mol. The third-order valence-electron chi connectivity index (χ3n) is 2.04. The van der Waals surface area contributed by atoms with Gasteiger partial charge < -0.3 is 5.11 Å². The average Bonchev–Trinajstić information content (AvgIpc) is 2.73. The fourth-order valence-electron chi connectivity index (χ4n) is 1.28. The molecule has 74 valence electrons. The first-order valence-corrected chi connectivity index (χ1v) is 4.20. The fraction of sp³-hybridized carbons (Fsp3) is 0.375. The van der Waals surface area contributed by atoms with Gasteiger partial charge in [-0.3, -0.25) is 4.68 Å². The molecule has 0 saturated heterocycles. The molecule has 2 aromatic heterocycles. The largest absolute Gasteiger partial charge is 0.380 e. The molecule has 1 atom stereocenters. The van der Waals surface area contributed by atoms with Crippen molar-refractivity contribution >= 4 is 0 Å². The zero-order valence-electron chi connectivity index (χ0n) is 7.99. The lowest BCUT2D eigenvalue weighted by atomic mass is 10.2. The van der Waals surface area contributed by atoms with Gasteiger partial charge in [-0.05, 0) is 6.07 Å². The molecule has 2 aromatic rings. The molecule has 14 heavy (non-hydrogen) atoms. The van der Waals surface area contributed by atoms with Crippen LogP contribution in [0, 0.1) is 0 Å². The molecule has 0 bridgehead atoms. The van der Waals surface area contributed by atoms with Gasteiger partial charge in [-0.1, -0.05) is 5.21 Å².